The molecular weight excluding hydrogens is 442 g/mol. The lowest BCUT2D eigenvalue weighted by Gasteiger charge is -2.49. The molecule has 8 heteroatoms. The number of rotatable bonds is 4. The Morgan fingerprint density at radius 1 is 1.03 bits per heavy atom. The van der Waals surface area contributed by atoms with E-state index in [2.05, 4.69) is 5.32 Å². The van der Waals surface area contributed by atoms with Gasteiger partial charge in [0.15, 0.2) is 0 Å². The first-order valence-electron chi connectivity index (χ1n) is 11.5. The second-order valence-electron chi connectivity index (χ2n) is 10.2. The topological polar surface area (TPSA) is 87.7 Å². The van der Waals surface area contributed by atoms with Crippen LogP contribution in [-0.2, 0) is 4.74 Å². The lowest BCUT2D eigenvalue weighted by molar-refractivity contribution is -0.0996. The van der Waals surface area contributed by atoms with E-state index in [9.17, 15) is 14.7 Å². The number of ether oxygens (including phenoxy) is 1. The summed E-state index contributed by atoms with van der Waals surface area (Å²) in [6, 6.07) is 13.7. The monoisotopic (exact) mass is 472 g/mol. The minimum Gasteiger partial charge on any atom is -0.465 e. The van der Waals surface area contributed by atoms with Crippen LogP contribution in [0.25, 0.3) is 11.1 Å². The number of benzene rings is 2. The number of carboxylic acid groups (broad SMARTS) is 1. The van der Waals surface area contributed by atoms with Gasteiger partial charge in [-0.2, -0.15) is 0 Å². The van der Waals surface area contributed by atoms with Crippen LogP contribution < -0.4 is 10.6 Å². The van der Waals surface area contributed by atoms with Crippen LogP contribution >= 0.6 is 0 Å². The van der Waals surface area contributed by atoms with E-state index in [0.29, 0.717) is 0 Å². The molecule has 4 rings (SSSR count). The molecule has 6 nitrogen and oxygen atoms in total. The summed E-state index contributed by atoms with van der Waals surface area (Å²) in [4.78, 5) is 24.5. The highest BCUT2D eigenvalue weighted by Gasteiger charge is 2.58. The number of nitrogens with one attached hydrogen (secondary N) is 2. The highest BCUT2D eigenvalue weighted by molar-refractivity contribution is 5.79. The molecule has 0 saturated heterocycles. The number of alkyl carbamates (subject to hydrolysis) is 1. The molecule has 2 aliphatic rings. The molecule has 0 bridgehead atoms. The molecule has 0 aliphatic heterocycles. The van der Waals surface area contributed by atoms with Crippen LogP contribution in [0.5, 0.6) is 0 Å². The largest absolute Gasteiger partial charge is 0.465 e. The van der Waals surface area contributed by atoms with E-state index in [1.807, 2.05) is 53.8 Å². The minimum absolute atomic E-state index is 0.0980. The van der Waals surface area contributed by atoms with Crippen molar-refractivity contribution in [3.05, 3.63) is 59.7 Å². The van der Waals surface area contributed by atoms with Crippen LogP contribution in [0.4, 0.5) is 18.4 Å². The summed E-state index contributed by atoms with van der Waals surface area (Å²) in [6.07, 6.45) is -2.45. The molecule has 2 aromatic carbocycles. The van der Waals surface area contributed by atoms with Gasteiger partial charge in [0.1, 0.15) is 11.6 Å². The summed E-state index contributed by atoms with van der Waals surface area (Å²) >= 11 is 0. The number of halogens is 2. The van der Waals surface area contributed by atoms with Gasteiger partial charge in [-0.15, -0.1) is 0 Å². The van der Waals surface area contributed by atoms with E-state index in [1.165, 1.54) is 0 Å². The van der Waals surface area contributed by atoms with Gasteiger partial charge in [-0.05, 0) is 62.3 Å². The van der Waals surface area contributed by atoms with Gasteiger partial charge < -0.3 is 20.5 Å². The molecule has 34 heavy (non-hydrogen) atoms. The molecule has 0 unspecified atom stereocenters. The maximum atomic E-state index is 15.3. The molecule has 2 aromatic rings. The van der Waals surface area contributed by atoms with Crippen molar-refractivity contribution in [2.75, 3.05) is 0 Å². The zero-order valence-corrected chi connectivity index (χ0v) is 19.5. The highest BCUT2D eigenvalue weighted by atomic mass is 19.3. The van der Waals surface area contributed by atoms with Gasteiger partial charge in [-0.1, -0.05) is 48.5 Å². The van der Waals surface area contributed by atoms with Crippen LogP contribution in [0.15, 0.2) is 48.5 Å². The van der Waals surface area contributed by atoms with Crippen molar-refractivity contribution in [2.24, 2.45) is 0 Å². The van der Waals surface area contributed by atoms with Gasteiger partial charge in [0, 0.05) is 12.3 Å². The van der Waals surface area contributed by atoms with E-state index in [0.717, 1.165) is 22.3 Å². The number of carbonyl (C=O) groups is 2. The zero-order chi connectivity index (χ0) is 24.7. The van der Waals surface area contributed by atoms with Crippen LogP contribution in [0.3, 0.4) is 0 Å². The fourth-order valence-corrected chi connectivity index (χ4v) is 5.46. The van der Waals surface area contributed by atoms with Crippen LogP contribution in [0, 0.1) is 0 Å². The van der Waals surface area contributed by atoms with Gasteiger partial charge in [0.2, 0.25) is 0 Å². The van der Waals surface area contributed by atoms with Crippen molar-refractivity contribution in [3.8, 4) is 11.1 Å². The Morgan fingerprint density at radius 2 is 1.59 bits per heavy atom. The first kappa shape index (κ1) is 24.0. The molecule has 3 N–H and O–H groups in total. The standard InChI is InChI=1S/C26H30F2N2O4/c1-24(2,3)34-23(33)30-25(13-8-14-26(27,28)21(25)29-22(31)32)15-20-18-11-6-4-9-16(18)17-10-5-7-12-19(17)20/h4-7,9-12,20-21,29H,8,13-15H2,1-3H3,(H,30,33)(H,31,32)/t21-,25+/m1/s1. The molecule has 2 atom stereocenters. The summed E-state index contributed by atoms with van der Waals surface area (Å²) in [6.45, 7) is 5.06. The second kappa shape index (κ2) is 8.56. The van der Waals surface area contributed by atoms with Gasteiger partial charge in [-0.25, -0.2) is 18.4 Å². The molecule has 1 saturated carbocycles. The summed E-state index contributed by atoms with van der Waals surface area (Å²) < 4.78 is 35.9. The Labute approximate surface area is 197 Å². The van der Waals surface area contributed by atoms with Gasteiger partial charge in [-0.3, -0.25) is 0 Å². The average Bonchev–Trinajstić information content (AvgIpc) is 3.03. The van der Waals surface area contributed by atoms with Crippen LogP contribution in [0.1, 0.15) is 63.5 Å². The number of amides is 2. The first-order chi connectivity index (χ1) is 15.9. The fourth-order valence-electron chi connectivity index (χ4n) is 5.46. The van der Waals surface area contributed by atoms with E-state index in [1.54, 1.807) is 20.8 Å². The lowest BCUT2D eigenvalue weighted by atomic mass is 9.69. The Bertz CT molecular complexity index is 1050. The van der Waals surface area contributed by atoms with Gasteiger partial charge >= 0.3 is 12.2 Å². The highest BCUT2D eigenvalue weighted by Crippen LogP contribution is 2.51. The molecule has 2 amide bonds. The third-order valence-corrected chi connectivity index (χ3v) is 6.66. The van der Waals surface area contributed by atoms with Crippen LogP contribution in [-0.4, -0.2) is 40.4 Å². The molecule has 0 heterocycles. The van der Waals surface area contributed by atoms with Gasteiger partial charge in [0.25, 0.3) is 5.92 Å². The molecule has 1 fully saturated rings. The molecule has 0 radical (unpaired) electrons. The van der Waals surface area contributed by atoms with Crippen LogP contribution in [0.2, 0.25) is 0 Å². The average molecular weight is 473 g/mol. The van der Waals surface area contributed by atoms with Gasteiger partial charge in [0.05, 0.1) is 5.54 Å². The first-order valence-corrected chi connectivity index (χ1v) is 11.5. The Kier molecular flexibility index (Phi) is 6.04. The predicted molar refractivity (Wildman–Crippen MR) is 124 cm³/mol. The van der Waals surface area contributed by atoms with Crippen molar-refractivity contribution >= 4 is 12.2 Å². The smallest absolute Gasteiger partial charge is 0.408 e. The normalized spacial score (nSPS) is 23.5. The third kappa shape index (κ3) is 4.58. The fraction of sp³-hybridized carbons (Fsp3) is 0.462. The molecule has 182 valence electrons. The predicted octanol–water partition coefficient (Wildman–Crippen LogP) is 5.91. The van der Waals surface area contributed by atoms with E-state index >= 15 is 8.78 Å². The molecule has 2 aliphatic carbocycles. The second-order valence-corrected chi connectivity index (χ2v) is 10.2. The maximum absolute atomic E-state index is 15.3. The van der Waals surface area contributed by atoms with E-state index in [-0.39, 0.29) is 25.2 Å². The minimum atomic E-state index is -3.34. The molecule has 0 aromatic heterocycles. The number of alkyl halides is 2. The Hall–Kier alpha value is -3.16. The van der Waals surface area contributed by atoms with Crippen molar-refractivity contribution < 1.29 is 28.2 Å². The summed E-state index contributed by atoms with van der Waals surface area (Å²) in [5, 5.41) is 14.2. The summed E-state index contributed by atoms with van der Waals surface area (Å²) in [5.41, 5.74) is 1.57. The number of fused-ring (bicyclic) bond motifs is 3. The van der Waals surface area contributed by atoms with Crippen molar-refractivity contribution in [2.45, 2.75) is 75.5 Å². The lowest BCUT2D eigenvalue weighted by Crippen LogP contribution is -2.70. The third-order valence-electron chi connectivity index (χ3n) is 6.66. The number of hydrogen-bond acceptors (Lipinski definition) is 3. The maximum Gasteiger partial charge on any atom is 0.408 e. The quantitative estimate of drug-likeness (QED) is 0.516. The summed E-state index contributed by atoms with van der Waals surface area (Å²) in [7, 11) is 0. The number of hydrogen-bond donors (Lipinski definition) is 3. The van der Waals surface area contributed by atoms with Crippen molar-refractivity contribution in [1.82, 2.24) is 10.6 Å². The van der Waals surface area contributed by atoms with E-state index in [4.69, 9.17) is 4.74 Å². The Balaban J connectivity index is 1.80. The SMILES string of the molecule is CC(C)(C)OC(=O)N[C@]1(CC2c3ccccc3-c3ccccc32)CCCC(F)(F)[C@@H]1NC(=O)O. The van der Waals surface area contributed by atoms with Crippen molar-refractivity contribution in [3.63, 3.8) is 0 Å². The number of carbonyl (C=O) groups excluding carboxylic acids is 1. The van der Waals surface area contributed by atoms with E-state index < -0.39 is 41.7 Å². The van der Waals surface area contributed by atoms with Crippen molar-refractivity contribution in [1.29, 1.82) is 0 Å². The summed E-state index contributed by atoms with van der Waals surface area (Å²) in [5.74, 6) is -3.64. The zero-order valence-electron chi connectivity index (χ0n) is 19.5. The Morgan fingerprint density at radius 3 is 2.12 bits per heavy atom. The molecular formula is C26H30F2N2O4. The molecule has 0 spiro atoms.